The number of benzene rings is 1. The predicted octanol–water partition coefficient (Wildman–Crippen LogP) is 2.07. The van der Waals surface area contributed by atoms with Gasteiger partial charge >= 0.3 is 11.9 Å². The molecule has 0 aliphatic carbocycles. The average Bonchev–Trinajstić information content (AvgIpc) is 2.43. The van der Waals surface area contributed by atoms with Crippen molar-refractivity contribution in [1.82, 2.24) is 0 Å². The summed E-state index contributed by atoms with van der Waals surface area (Å²) in [7, 11) is 0. The summed E-state index contributed by atoms with van der Waals surface area (Å²) in [6.07, 6.45) is 0.945. The van der Waals surface area contributed by atoms with Crippen LogP contribution in [0.3, 0.4) is 0 Å². The Hall–Kier alpha value is -1.92. The van der Waals surface area contributed by atoms with Gasteiger partial charge in [-0.3, -0.25) is 9.78 Å². The maximum absolute atomic E-state index is 11.4. The van der Waals surface area contributed by atoms with Crippen molar-refractivity contribution in [2.45, 2.75) is 26.7 Å². The van der Waals surface area contributed by atoms with Crippen molar-refractivity contribution in [3.63, 3.8) is 0 Å². The van der Waals surface area contributed by atoms with Crippen molar-refractivity contribution >= 4 is 11.9 Å². The molecule has 0 spiro atoms. The molecule has 0 aliphatic rings. The van der Waals surface area contributed by atoms with Crippen LogP contribution in [0.5, 0.6) is 0 Å². The van der Waals surface area contributed by atoms with E-state index in [2.05, 4.69) is 9.78 Å². The third kappa shape index (κ3) is 2.49. The SMILES string of the molecule is CCc1c(C(=O)OO)ccc(C(=O)OO)c1CC. The number of carbonyl (C=O) groups excluding carboxylic acids is 2. The van der Waals surface area contributed by atoms with Gasteiger partial charge in [0.15, 0.2) is 0 Å². The van der Waals surface area contributed by atoms with Gasteiger partial charge in [-0.05, 0) is 36.1 Å². The fourth-order valence-electron chi connectivity index (χ4n) is 1.98. The van der Waals surface area contributed by atoms with E-state index < -0.39 is 11.9 Å². The summed E-state index contributed by atoms with van der Waals surface area (Å²) in [5.41, 5.74) is 1.54. The van der Waals surface area contributed by atoms with E-state index in [0.717, 1.165) is 0 Å². The highest BCUT2D eigenvalue weighted by molar-refractivity contribution is 5.96. The molecule has 0 saturated carbocycles. The van der Waals surface area contributed by atoms with E-state index in [0.29, 0.717) is 24.0 Å². The smallest absolute Gasteiger partial charge is 0.295 e. The summed E-state index contributed by atoms with van der Waals surface area (Å²) in [6.45, 7) is 3.60. The highest BCUT2D eigenvalue weighted by Gasteiger charge is 2.21. The lowest BCUT2D eigenvalue weighted by Gasteiger charge is -2.13. The lowest BCUT2D eigenvalue weighted by molar-refractivity contribution is -0.183. The Morgan fingerprint density at radius 1 is 0.944 bits per heavy atom. The minimum Gasteiger partial charge on any atom is -0.295 e. The van der Waals surface area contributed by atoms with E-state index in [1.54, 1.807) is 13.8 Å². The highest BCUT2D eigenvalue weighted by atomic mass is 17.1. The van der Waals surface area contributed by atoms with Gasteiger partial charge in [0.1, 0.15) is 0 Å². The van der Waals surface area contributed by atoms with Crippen molar-refractivity contribution in [2.75, 3.05) is 0 Å². The summed E-state index contributed by atoms with van der Waals surface area (Å²) in [5, 5.41) is 16.8. The fourth-order valence-corrected chi connectivity index (χ4v) is 1.98. The third-order valence-electron chi connectivity index (χ3n) is 2.74. The summed E-state index contributed by atoms with van der Waals surface area (Å²) in [4.78, 5) is 30.1. The molecule has 0 aliphatic heterocycles. The van der Waals surface area contributed by atoms with Crippen LogP contribution in [0.2, 0.25) is 0 Å². The molecule has 0 amide bonds. The summed E-state index contributed by atoms with van der Waals surface area (Å²) in [5.74, 6) is -1.77. The van der Waals surface area contributed by atoms with Crippen molar-refractivity contribution < 1.29 is 29.9 Å². The molecule has 0 unspecified atom stereocenters. The van der Waals surface area contributed by atoms with Gasteiger partial charge < -0.3 is 0 Å². The van der Waals surface area contributed by atoms with Gasteiger partial charge in [-0.15, -0.1) is 0 Å². The van der Waals surface area contributed by atoms with E-state index >= 15 is 0 Å². The minimum atomic E-state index is -0.884. The van der Waals surface area contributed by atoms with E-state index in [1.807, 2.05) is 0 Å². The van der Waals surface area contributed by atoms with Crippen molar-refractivity contribution in [1.29, 1.82) is 0 Å². The molecule has 6 nitrogen and oxygen atoms in total. The molecule has 1 aromatic rings. The second kappa shape index (κ2) is 6.13. The first-order chi connectivity index (χ1) is 8.60. The summed E-state index contributed by atoms with van der Waals surface area (Å²) >= 11 is 0. The Balaban J connectivity index is 3.45. The van der Waals surface area contributed by atoms with E-state index in [9.17, 15) is 9.59 Å². The molecular weight excluding hydrogens is 240 g/mol. The Morgan fingerprint density at radius 2 is 1.28 bits per heavy atom. The first kappa shape index (κ1) is 14.1. The van der Waals surface area contributed by atoms with Gasteiger partial charge in [-0.25, -0.2) is 9.59 Å². The van der Waals surface area contributed by atoms with Gasteiger partial charge in [0, 0.05) is 0 Å². The molecule has 0 heterocycles. The van der Waals surface area contributed by atoms with Crippen LogP contribution in [0.25, 0.3) is 0 Å². The first-order valence-corrected chi connectivity index (χ1v) is 5.46. The lowest BCUT2D eigenvalue weighted by atomic mass is 9.92. The highest BCUT2D eigenvalue weighted by Crippen LogP contribution is 2.22. The van der Waals surface area contributed by atoms with Crippen LogP contribution in [-0.4, -0.2) is 22.5 Å². The minimum absolute atomic E-state index is 0.186. The van der Waals surface area contributed by atoms with Crippen LogP contribution >= 0.6 is 0 Å². The maximum atomic E-state index is 11.4. The molecule has 0 fully saturated rings. The van der Waals surface area contributed by atoms with Gasteiger partial charge in [0.25, 0.3) is 0 Å². The standard InChI is InChI=1S/C12H14O6/c1-3-7-8(4-2)10(12(14)18-16)6-5-9(7)11(13)17-15/h5-6,15-16H,3-4H2,1-2H3. The molecule has 98 valence electrons. The largest absolute Gasteiger partial charge is 0.373 e. The summed E-state index contributed by atoms with van der Waals surface area (Å²) < 4.78 is 0. The fraction of sp³-hybridized carbons (Fsp3) is 0.333. The second-order valence-corrected chi connectivity index (χ2v) is 3.58. The molecule has 1 aromatic carbocycles. The molecule has 0 saturated heterocycles. The number of rotatable bonds is 4. The lowest BCUT2D eigenvalue weighted by Crippen LogP contribution is -2.13. The van der Waals surface area contributed by atoms with Crippen molar-refractivity contribution in [3.05, 3.63) is 34.4 Å². The van der Waals surface area contributed by atoms with Gasteiger partial charge in [-0.1, -0.05) is 13.8 Å². The number of hydrogen-bond donors (Lipinski definition) is 2. The molecule has 2 N–H and O–H groups in total. The van der Waals surface area contributed by atoms with E-state index in [1.165, 1.54) is 12.1 Å². The second-order valence-electron chi connectivity index (χ2n) is 3.58. The maximum Gasteiger partial charge on any atom is 0.373 e. The van der Waals surface area contributed by atoms with Crippen LogP contribution in [-0.2, 0) is 22.6 Å². The van der Waals surface area contributed by atoms with E-state index in [4.69, 9.17) is 10.5 Å². The first-order valence-electron chi connectivity index (χ1n) is 5.46. The average molecular weight is 254 g/mol. The molecule has 1 rings (SSSR count). The monoisotopic (exact) mass is 254 g/mol. The molecular formula is C12H14O6. The van der Waals surface area contributed by atoms with Crippen LogP contribution < -0.4 is 0 Å². The van der Waals surface area contributed by atoms with Gasteiger partial charge in [-0.2, -0.15) is 10.5 Å². The quantitative estimate of drug-likeness (QED) is 0.631. The number of hydrogen-bond acceptors (Lipinski definition) is 6. The predicted molar refractivity (Wildman–Crippen MR) is 61.3 cm³/mol. The number of carbonyl (C=O) groups is 2. The third-order valence-corrected chi connectivity index (χ3v) is 2.74. The van der Waals surface area contributed by atoms with Crippen molar-refractivity contribution in [3.8, 4) is 0 Å². The molecule has 0 radical (unpaired) electrons. The zero-order chi connectivity index (χ0) is 13.7. The normalized spacial score (nSPS) is 10.0. The Kier molecular flexibility index (Phi) is 4.82. The topological polar surface area (TPSA) is 93.1 Å². The molecule has 0 aromatic heterocycles. The van der Waals surface area contributed by atoms with Crippen LogP contribution in [0.15, 0.2) is 12.1 Å². The molecule has 0 atom stereocenters. The van der Waals surface area contributed by atoms with Crippen molar-refractivity contribution in [2.24, 2.45) is 0 Å². The molecule has 0 bridgehead atoms. The zero-order valence-electron chi connectivity index (χ0n) is 10.1. The molecule has 6 heteroatoms. The van der Waals surface area contributed by atoms with Crippen LogP contribution in [0.1, 0.15) is 45.7 Å². The molecule has 18 heavy (non-hydrogen) atoms. The van der Waals surface area contributed by atoms with Gasteiger partial charge in [0.2, 0.25) is 0 Å². The Bertz CT molecular complexity index is 423. The van der Waals surface area contributed by atoms with E-state index in [-0.39, 0.29) is 11.1 Å². The van der Waals surface area contributed by atoms with Gasteiger partial charge in [0.05, 0.1) is 11.1 Å². The zero-order valence-corrected chi connectivity index (χ0v) is 10.1. The summed E-state index contributed by atoms with van der Waals surface area (Å²) in [6, 6.07) is 2.70. The van der Waals surface area contributed by atoms with Crippen LogP contribution in [0, 0.1) is 0 Å². The van der Waals surface area contributed by atoms with Crippen LogP contribution in [0.4, 0.5) is 0 Å². The Labute approximate surface area is 104 Å². The Morgan fingerprint density at radius 3 is 1.50 bits per heavy atom.